The summed E-state index contributed by atoms with van der Waals surface area (Å²) in [7, 11) is 0. The second kappa shape index (κ2) is 4.28. The van der Waals surface area contributed by atoms with E-state index in [9.17, 15) is 0 Å². The lowest BCUT2D eigenvalue weighted by Crippen LogP contribution is -2.11. The van der Waals surface area contributed by atoms with Crippen LogP contribution in [0.1, 0.15) is 5.56 Å². The van der Waals surface area contributed by atoms with Crippen molar-refractivity contribution >= 4 is 15.9 Å². The number of hydrogen-bond donors (Lipinski definition) is 1. The molecule has 3 nitrogen and oxygen atoms in total. The van der Waals surface area contributed by atoms with Gasteiger partial charge in [0.1, 0.15) is 0 Å². The fraction of sp³-hybridized carbons (Fsp3) is 0.100. The molecular formula is C10H10BrN3. The quantitative estimate of drug-likeness (QED) is 0.908. The molecule has 2 heterocycles. The van der Waals surface area contributed by atoms with E-state index in [2.05, 4.69) is 26.3 Å². The van der Waals surface area contributed by atoms with Gasteiger partial charge in [0.25, 0.3) is 0 Å². The summed E-state index contributed by atoms with van der Waals surface area (Å²) in [4.78, 5) is 4.09. The van der Waals surface area contributed by atoms with Gasteiger partial charge in [0.15, 0.2) is 0 Å². The van der Waals surface area contributed by atoms with E-state index >= 15 is 0 Å². The van der Waals surface area contributed by atoms with Gasteiger partial charge >= 0.3 is 0 Å². The maximum absolute atomic E-state index is 4.09. The van der Waals surface area contributed by atoms with Gasteiger partial charge in [0.2, 0.25) is 0 Å². The van der Waals surface area contributed by atoms with E-state index in [1.165, 1.54) is 0 Å². The minimum absolute atomic E-state index is 0.765. The molecule has 0 radical (unpaired) electrons. The Bertz CT molecular complexity index is 398. The highest BCUT2D eigenvalue weighted by Gasteiger charge is 1.93. The van der Waals surface area contributed by atoms with Crippen LogP contribution in [0.25, 0.3) is 0 Å². The fourth-order valence-corrected chi connectivity index (χ4v) is 1.59. The third-order valence-corrected chi connectivity index (χ3v) is 2.27. The Morgan fingerprint density at radius 1 is 1.29 bits per heavy atom. The van der Waals surface area contributed by atoms with Gasteiger partial charge in [0, 0.05) is 29.3 Å². The molecule has 0 aromatic carbocycles. The first-order valence-corrected chi connectivity index (χ1v) is 5.10. The molecule has 4 heteroatoms. The number of halogens is 1. The lowest BCUT2D eigenvalue weighted by atomic mass is 10.3. The van der Waals surface area contributed by atoms with E-state index in [0.717, 1.165) is 16.6 Å². The summed E-state index contributed by atoms with van der Waals surface area (Å²) >= 11 is 3.38. The predicted molar refractivity (Wildman–Crippen MR) is 59.4 cm³/mol. The summed E-state index contributed by atoms with van der Waals surface area (Å²) in [6, 6.07) is 6.00. The average molecular weight is 252 g/mol. The second-order valence-corrected chi connectivity index (χ2v) is 3.85. The molecule has 0 aliphatic carbocycles. The van der Waals surface area contributed by atoms with Crippen LogP contribution in [-0.2, 0) is 6.54 Å². The second-order valence-electron chi connectivity index (χ2n) is 2.94. The Morgan fingerprint density at radius 3 is 2.79 bits per heavy atom. The Morgan fingerprint density at radius 2 is 2.07 bits per heavy atom. The molecule has 0 amide bonds. The van der Waals surface area contributed by atoms with Gasteiger partial charge in [-0.3, -0.25) is 9.66 Å². The first-order valence-electron chi connectivity index (χ1n) is 4.31. The lowest BCUT2D eigenvalue weighted by molar-refractivity contribution is 0.843. The van der Waals surface area contributed by atoms with E-state index in [1.807, 2.05) is 41.5 Å². The van der Waals surface area contributed by atoms with Gasteiger partial charge in [-0.15, -0.1) is 0 Å². The summed E-state index contributed by atoms with van der Waals surface area (Å²) in [6.07, 6.45) is 7.55. The SMILES string of the molecule is Brc1cncc(CNn2cccc2)c1. The van der Waals surface area contributed by atoms with Crippen molar-refractivity contribution < 1.29 is 0 Å². The Hall–Kier alpha value is -1.29. The molecule has 14 heavy (non-hydrogen) atoms. The molecule has 72 valence electrons. The maximum Gasteiger partial charge on any atom is 0.0579 e. The summed E-state index contributed by atoms with van der Waals surface area (Å²) < 4.78 is 2.92. The number of hydrogen-bond acceptors (Lipinski definition) is 2. The van der Waals surface area contributed by atoms with E-state index in [1.54, 1.807) is 6.20 Å². The van der Waals surface area contributed by atoms with Gasteiger partial charge in [-0.2, -0.15) is 0 Å². The van der Waals surface area contributed by atoms with Gasteiger partial charge < -0.3 is 5.43 Å². The Labute approximate surface area is 90.9 Å². The molecule has 0 spiro atoms. The molecule has 0 aliphatic heterocycles. The summed E-state index contributed by atoms with van der Waals surface area (Å²) in [5, 5.41) is 0. The summed E-state index contributed by atoms with van der Waals surface area (Å²) in [6.45, 7) is 0.765. The van der Waals surface area contributed by atoms with E-state index in [4.69, 9.17) is 0 Å². The molecule has 0 aliphatic rings. The smallest absolute Gasteiger partial charge is 0.0579 e. The topological polar surface area (TPSA) is 29.9 Å². The molecule has 2 aromatic rings. The van der Waals surface area contributed by atoms with Gasteiger partial charge in [-0.1, -0.05) is 0 Å². The zero-order valence-corrected chi connectivity index (χ0v) is 9.11. The van der Waals surface area contributed by atoms with Crippen LogP contribution in [0.4, 0.5) is 0 Å². The van der Waals surface area contributed by atoms with Crippen LogP contribution in [0.2, 0.25) is 0 Å². The normalized spacial score (nSPS) is 10.1. The number of nitrogens with zero attached hydrogens (tertiary/aromatic N) is 2. The minimum atomic E-state index is 0.765. The number of rotatable bonds is 3. The largest absolute Gasteiger partial charge is 0.322 e. The van der Waals surface area contributed by atoms with Crippen LogP contribution in [-0.4, -0.2) is 9.66 Å². The van der Waals surface area contributed by atoms with Crippen molar-refractivity contribution in [1.82, 2.24) is 9.66 Å². The highest BCUT2D eigenvalue weighted by Crippen LogP contribution is 2.09. The van der Waals surface area contributed by atoms with Crippen molar-refractivity contribution in [3.63, 3.8) is 0 Å². The average Bonchev–Trinajstić information content (AvgIpc) is 2.67. The standard InChI is InChI=1S/C10H10BrN3/c11-10-5-9(6-12-8-10)7-13-14-3-1-2-4-14/h1-6,8,13H,7H2. The maximum atomic E-state index is 4.09. The first-order chi connectivity index (χ1) is 6.84. The van der Waals surface area contributed by atoms with Crippen LogP contribution < -0.4 is 5.43 Å². The molecule has 0 saturated carbocycles. The van der Waals surface area contributed by atoms with Gasteiger partial charge in [0.05, 0.1) is 6.54 Å². The van der Waals surface area contributed by atoms with Crippen molar-refractivity contribution in [2.45, 2.75) is 6.54 Å². The van der Waals surface area contributed by atoms with E-state index in [0.29, 0.717) is 0 Å². The lowest BCUT2D eigenvalue weighted by Gasteiger charge is -2.06. The van der Waals surface area contributed by atoms with Crippen LogP contribution in [0.3, 0.4) is 0 Å². The summed E-state index contributed by atoms with van der Waals surface area (Å²) in [5.41, 5.74) is 4.37. The third kappa shape index (κ3) is 2.35. The Balaban J connectivity index is 1.98. The third-order valence-electron chi connectivity index (χ3n) is 1.83. The van der Waals surface area contributed by atoms with Crippen molar-refractivity contribution in [3.8, 4) is 0 Å². The molecule has 1 N–H and O–H groups in total. The van der Waals surface area contributed by atoms with Crippen LogP contribution >= 0.6 is 15.9 Å². The molecular weight excluding hydrogens is 242 g/mol. The van der Waals surface area contributed by atoms with Gasteiger partial charge in [-0.25, -0.2) is 0 Å². The molecule has 2 aromatic heterocycles. The number of nitrogens with one attached hydrogen (secondary N) is 1. The van der Waals surface area contributed by atoms with Crippen molar-refractivity contribution in [2.75, 3.05) is 5.43 Å². The predicted octanol–water partition coefficient (Wildman–Crippen LogP) is 2.39. The first kappa shape index (κ1) is 9.27. The minimum Gasteiger partial charge on any atom is -0.322 e. The zero-order chi connectivity index (χ0) is 9.80. The summed E-state index contributed by atoms with van der Waals surface area (Å²) in [5.74, 6) is 0. The highest BCUT2D eigenvalue weighted by atomic mass is 79.9. The fourth-order valence-electron chi connectivity index (χ4n) is 1.18. The van der Waals surface area contributed by atoms with Crippen molar-refractivity contribution in [1.29, 1.82) is 0 Å². The van der Waals surface area contributed by atoms with E-state index < -0.39 is 0 Å². The van der Waals surface area contributed by atoms with Crippen molar-refractivity contribution in [2.24, 2.45) is 0 Å². The highest BCUT2D eigenvalue weighted by molar-refractivity contribution is 9.10. The zero-order valence-electron chi connectivity index (χ0n) is 7.52. The molecule has 2 rings (SSSR count). The van der Waals surface area contributed by atoms with Crippen LogP contribution in [0.15, 0.2) is 47.5 Å². The molecule has 0 bridgehead atoms. The van der Waals surface area contributed by atoms with Gasteiger partial charge in [-0.05, 0) is 39.7 Å². The Kier molecular flexibility index (Phi) is 2.84. The number of aromatic nitrogens is 2. The van der Waals surface area contributed by atoms with E-state index in [-0.39, 0.29) is 0 Å². The molecule has 0 unspecified atom stereocenters. The van der Waals surface area contributed by atoms with Crippen molar-refractivity contribution in [3.05, 3.63) is 53.0 Å². The molecule has 0 atom stereocenters. The number of pyridine rings is 1. The monoisotopic (exact) mass is 251 g/mol. The molecule has 0 fully saturated rings. The molecule has 0 saturated heterocycles. The van der Waals surface area contributed by atoms with Crippen LogP contribution in [0.5, 0.6) is 0 Å². The van der Waals surface area contributed by atoms with Crippen LogP contribution in [0, 0.1) is 0 Å².